The van der Waals surface area contributed by atoms with Gasteiger partial charge in [-0.1, -0.05) is 12.1 Å². The minimum absolute atomic E-state index is 0.000992. The fourth-order valence-corrected chi connectivity index (χ4v) is 2.04. The maximum absolute atomic E-state index is 11.7. The Kier molecular flexibility index (Phi) is 4.75. The number of esters is 1. The Morgan fingerprint density at radius 2 is 1.64 bits per heavy atom. The summed E-state index contributed by atoms with van der Waals surface area (Å²) in [5, 5.41) is 10.6. The summed E-state index contributed by atoms with van der Waals surface area (Å²) in [5.41, 5.74) is 0.789. The quantitative estimate of drug-likeness (QED) is 0.377. The van der Waals surface area contributed by atoms with E-state index >= 15 is 0 Å². The van der Waals surface area contributed by atoms with Crippen LogP contribution in [0, 0.1) is 10.1 Å². The van der Waals surface area contributed by atoms with Gasteiger partial charge < -0.3 is 13.9 Å². The zero-order valence-electron chi connectivity index (χ0n) is 13.0. The Labute approximate surface area is 142 Å². The highest BCUT2D eigenvalue weighted by Crippen LogP contribution is 2.24. The van der Waals surface area contributed by atoms with Crippen molar-refractivity contribution in [2.45, 2.75) is 6.61 Å². The first-order valence-electron chi connectivity index (χ1n) is 7.34. The second kappa shape index (κ2) is 7.31. The summed E-state index contributed by atoms with van der Waals surface area (Å²) in [6.45, 7) is 0.108. The zero-order valence-corrected chi connectivity index (χ0v) is 13.0. The van der Waals surface area contributed by atoms with Crippen LogP contribution >= 0.6 is 0 Å². The van der Waals surface area contributed by atoms with Crippen LogP contribution in [0.4, 0.5) is 5.69 Å². The number of furan rings is 1. The number of hydrogen-bond acceptors (Lipinski definition) is 6. The lowest BCUT2D eigenvalue weighted by atomic mass is 10.2. The molecule has 3 aromatic rings. The average Bonchev–Trinajstić information content (AvgIpc) is 3.16. The summed E-state index contributed by atoms with van der Waals surface area (Å²) in [7, 11) is 0. The number of rotatable bonds is 6. The molecule has 0 amide bonds. The van der Waals surface area contributed by atoms with Gasteiger partial charge in [0.2, 0.25) is 5.76 Å². The number of non-ortho nitro benzene ring substituents is 1. The molecule has 0 spiro atoms. The first-order valence-corrected chi connectivity index (χ1v) is 7.34. The predicted molar refractivity (Wildman–Crippen MR) is 87.4 cm³/mol. The molecule has 1 heterocycles. The number of benzene rings is 2. The van der Waals surface area contributed by atoms with Crippen LogP contribution in [0.5, 0.6) is 11.5 Å². The number of nitro groups is 1. The molecule has 0 saturated carbocycles. The Hall–Kier alpha value is -3.61. The number of ether oxygens (including phenoxy) is 2. The summed E-state index contributed by atoms with van der Waals surface area (Å²) in [4.78, 5) is 21.8. The van der Waals surface area contributed by atoms with Gasteiger partial charge in [-0.15, -0.1) is 0 Å². The minimum atomic E-state index is -0.531. The predicted octanol–water partition coefficient (Wildman–Crippen LogP) is 4.34. The van der Waals surface area contributed by atoms with Crippen LogP contribution < -0.4 is 4.74 Å². The summed E-state index contributed by atoms with van der Waals surface area (Å²) in [6, 6.07) is 15.9. The lowest BCUT2D eigenvalue weighted by Crippen LogP contribution is -2.03. The van der Waals surface area contributed by atoms with Gasteiger partial charge >= 0.3 is 5.97 Å². The van der Waals surface area contributed by atoms with Crippen LogP contribution in [0.25, 0.3) is 0 Å². The maximum Gasteiger partial charge on any atom is 0.374 e. The number of nitro benzene ring substituents is 1. The second-order valence-electron chi connectivity index (χ2n) is 5.05. The van der Waals surface area contributed by atoms with E-state index in [2.05, 4.69) is 0 Å². The highest BCUT2D eigenvalue weighted by Gasteiger charge is 2.10. The molecule has 0 aliphatic rings. The Bertz CT molecular complexity index is 854. The second-order valence-corrected chi connectivity index (χ2v) is 5.05. The van der Waals surface area contributed by atoms with Crippen molar-refractivity contribution in [2.24, 2.45) is 0 Å². The van der Waals surface area contributed by atoms with E-state index < -0.39 is 10.9 Å². The van der Waals surface area contributed by atoms with E-state index in [0.717, 1.165) is 5.56 Å². The van der Waals surface area contributed by atoms with Crippen LogP contribution in [0.1, 0.15) is 16.1 Å². The van der Waals surface area contributed by atoms with Crippen LogP contribution in [0.15, 0.2) is 71.3 Å². The molecule has 0 unspecified atom stereocenters. The standard InChI is InChI=1S/C18H13NO6/c20-18(17-2-1-11-23-17)24-12-13-3-7-15(8-4-13)25-16-9-5-14(6-10-16)19(21)22/h1-11H,12H2. The largest absolute Gasteiger partial charge is 0.457 e. The monoisotopic (exact) mass is 339 g/mol. The molecule has 25 heavy (non-hydrogen) atoms. The van der Waals surface area contributed by atoms with Gasteiger partial charge in [-0.05, 0) is 42.0 Å². The number of carbonyl (C=O) groups excluding carboxylic acids is 1. The van der Waals surface area contributed by atoms with Crippen LogP contribution in [0.3, 0.4) is 0 Å². The number of carbonyl (C=O) groups is 1. The molecule has 3 rings (SSSR count). The van der Waals surface area contributed by atoms with E-state index in [1.54, 1.807) is 30.3 Å². The van der Waals surface area contributed by atoms with Crippen molar-refractivity contribution in [3.05, 3.63) is 88.4 Å². The van der Waals surface area contributed by atoms with Gasteiger partial charge in [-0.25, -0.2) is 4.79 Å². The molecule has 0 atom stereocenters. The number of hydrogen-bond donors (Lipinski definition) is 0. The molecule has 0 N–H and O–H groups in total. The maximum atomic E-state index is 11.7. The minimum Gasteiger partial charge on any atom is -0.457 e. The molecule has 0 aliphatic heterocycles. The summed E-state index contributed by atoms with van der Waals surface area (Å²) >= 11 is 0. The molecule has 7 nitrogen and oxygen atoms in total. The van der Waals surface area contributed by atoms with Crippen molar-refractivity contribution >= 4 is 11.7 Å². The molecule has 0 radical (unpaired) electrons. The smallest absolute Gasteiger partial charge is 0.374 e. The summed E-state index contributed by atoms with van der Waals surface area (Å²) in [5.74, 6) is 0.673. The molecule has 7 heteroatoms. The normalized spacial score (nSPS) is 10.2. The van der Waals surface area contributed by atoms with Crippen molar-refractivity contribution in [1.82, 2.24) is 0 Å². The highest BCUT2D eigenvalue weighted by atomic mass is 16.6. The average molecular weight is 339 g/mol. The van der Waals surface area contributed by atoms with E-state index in [4.69, 9.17) is 13.9 Å². The first kappa shape index (κ1) is 16.3. The SMILES string of the molecule is O=C(OCc1ccc(Oc2ccc([N+](=O)[O-])cc2)cc1)c1ccco1. The van der Waals surface area contributed by atoms with E-state index in [1.165, 1.54) is 36.6 Å². The van der Waals surface area contributed by atoms with Crippen molar-refractivity contribution < 1.29 is 23.6 Å². The van der Waals surface area contributed by atoms with E-state index in [9.17, 15) is 14.9 Å². The van der Waals surface area contributed by atoms with Gasteiger partial charge in [0.15, 0.2) is 0 Å². The lowest BCUT2D eigenvalue weighted by molar-refractivity contribution is -0.384. The Morgan fingerprint density at radius 1 is 1.00 bits per heavy atom. The van der Waals surface area contributed by atoms with Crippen LogP contribution in [-0.4, -0.2) is 10.9 Å². The molecule has 0 aliphatic carbocycles. The van der Waals surface area contributed by atoms with Gasteiger partial charge in [0, 0.05) is 12.1 Å². The fourth-order valence-electron chi connectivity index (χ4n) is 2.04. The topological polar surface area (TPSA) is 91.8 Å². The molecular formula is C18H13NO6. The molecule has 0 fully saturated rings. The third kappa shape index (κ3) is 4.23. The third-order valence-electron chi connectivity index (χ3n) is 3.30. The summed E-state index contributed by atoms with van der Waals surface area (Å²) < 4.78 is 15.7. The molecule has 2 aromatic carbocycles. The summed E-state index contributed by atoms with van der Waals surface area (Å²) in [6.07, 6.45) is 1.40. The van der Waals surface area contributed by atoms with Gasteiger partial charge in [-0.2, -0.15) is 0 Å². The fraction of sp³-hybridized carbons (Fsp3) is 0.0556. The molecule has 0 bridgehead atoms. The lowest BCUT2D eigenvalue weighted by Gasteiger charge is -2.07. The number of nitrogens with zero attached hydrogens (tertiary/aromatic N) is 1. The van der Waals surface area contributed by atoms with E-state index in [-0.39, 0.29) is 18.1 Å². The van der Waals surface area contributed by atoms with E-state index in [1.807, 2.05) is 0 Å². The van der Waals surface area contributed by atoms with Gasteiger partial charge in [0.25, 0.3) is 5.69 Å². The van der Waals surface area contributed by atoms with Crippen LogP contribution in [0.2, 0.25) is 0 Å². The highest BCUT2D eigenvalue weighted by molar-refractivity contribution is 5.86. The molecule has 1 aromatic heterocycles. The molecule has 0 saturated heterocycles. The Morgan fingerprint density at radius 3 is 2.20 bits per heavy atom. The molecular weight excluding hydrogens is 326 g/mol. The van der Waals surface area contributed by atoms with Gasteiger partial charge in [0.05, 0.1) is 11.2 Å². The molecule has 126 valence electrons. The van der Waals surface area contributed by atoms with Crippen molar-refractivity contribution in [1.29, 1.82) is 0 Å². The van der Waals surface area contributed by atoms with Crippen molar-refractivity contribution in [3.63, 3.8) is 0 Å². The van der Waals surface area contributed by atoms with Gasteiger partial charge in [0.1, 0.15) is 18.1 Å². The third-order valence-corrected chi connectivity index (χ3v) is 3.30. The van der Waals surface area contributed by atoms with Crippen molar-refractivity contribution in [3.8, 4) is 11.5 Å². The first-order chi connectivity index (χ1) is 12.1. The Balaban J connectivity index is 1.56. The van der Waals surface area contributed by atoms with Gasteiger partial charge in [-0.3, -0.25) is 10.1 Å². The van der Waals surface area contributed by atoms with Crippen molar-refractivity contribution in [2.75, 3.05) is 0 Å². The zero-order chi connectivity index (χ0) is 17.6. The van der Waals surface area contributed by atoms with E-state index in [0.29, 0.717) is 11.5 Å². The van der Waals surface area contributed by atoms with Crippen LogP contribution in [-0.2, 0) is 11.3 Å².